The van der Waals surface area contributed by atoms with Crippen LogP contribution in [0.25, 0.3) is 0 Å². The van der Waals surface area contributed by atoms with E-state index in [0.29, 0.717) is 12.8 Å². The van der Waals surface area contributed by atoms with E-state index in [9.17, 15) is 9.59 Å². The van der Waals surface area contributed by atoms with E-state index >= 15 is 0 Å². The Bertz CT molecular complexity index is 571. The lowest BCUT2D eigenvalue weighted by molar-refractivity contribution is -0.164. The number of nitrogens with two attached hydrogens (primary N) is 1. The summed E-state index contributed by atoms with van der Waals surface area (Å²) < 4.78 is 5.61. The molecule has 0 saturated heterocycles. The molecule has 0 saturated carbocycles. The van der Waals surface area contributed by atoms with Gasteiger partial charge in [-0.1, -0.05) is 38.1 Å². The summed E-state index contributed by atoms with van der Waals surface area (Å²) in [5.41, 5.74) is 7.18. The zero-order valence-corrected chi connectivity index (χ0v) is 13.4. The number of hydrogen-bond acceptors (Lipinski definition) is 4. The zero-order valence-electron chi connectivity index (χ0n) is 13.4. The van der Waals surface area contributed by atoms with E-state index in [2.05, 4.69) is 5.32 Å². The summed E-state index contributed by atoms with van der Waals surface area (Å²) in [5.74, 6) is -0.461. The molecule has 3 N–H and O–H groups in total. The van der Waals surface area contributed by atoms with Crippen molar-refractivity contribution in [3.05, 3.63) is 35.4 Å². The molecule has 0 spiro atoms. The molecular weight excluding hydrogens is 280 g/mol. The lowest BCUT2D eigenvalue weighted by Gasteiger charge is -2.28. The monoisotopic (exact) mass is 304 g/mol. The van der Waals surface area contributed by atoms with Crippen molar-refractivity contribution in [3.63, 3.8) is 0 Å². The van der Waals surface area contributed by atoms with Crippen LogP contribution in [0.15, 0.2) is 24.3 Å². The number of aryl methyl sites for hydroxylation is 1. The molecule has 5 heteroatoms. The molecule has 0 radical (unpaired) electrons. The average Bonchev–Trinajstić information content (AvgIpc) is 2.75. The van der Waals surface area contributed by atoms with Crippen molar-refractivity contribution in [2.45, 2.75) is 51.8 Å². The Labute approximate surface area is 131 Å². The Morgan fingerprint density at radius 2 is 2.05 bits per heavy atom. The molecular formula is C17H24N2O3. The molecule has 1 aromatic carbocycles. The highest BCUT2D eigenvalue weighted by molar-refractivity contribution is 5.83. The number of amides is 1. The quantitative estimate of drug-likeness (QED) is 0.642. The summed E-state index contributed by atoms with van der Waals surface area (Å²) >= 11 is 0. The van der Waals surface area contributed by atoms with Gasteiger partial charge in [-0.2, -0.15) is 0 Å². The fourth-order valence-electron chi connectivity index (χ4n) is 2.89. The van der Waals surface area contributed by atoms with E-state index < -0.39 is 17.7 Å². The van der Waals surface area contributed by atoms with Crippen molar-refractivity contribution in [2.75, 3.05) is 0 Å². The SMILES string of the molecule is CC(=O)N[C@@H](CC(C)C)C(=O)O[C@]1(N)CCc2ccccc21. The van der Waals surface area contributed by atoms with E-state index in [4.69, 9.17) is 10.5 Å². The van der Waals surface area contributed by atoms with Gasteiger partial charge in [-0.05, 0) is 24.3 Å². The minimum absolute atomic E-state index is 0.250. The highest BCUT2D eigenvalue weighted by Crippen LogP contribution is 2.36. The zero-order chi connectivity index (χ0) is 16.3. The highest BCUT2D eigenvalue weighted by Gasteiger charge is 2.40. The van der Waals surface area contributed by atoms with E-state index in [0.717, 1.165) is 17.5 Å². The minimum Gasteiger partial charge on any atom is -0.438 e. The maximum atomic E-state index is 12.5. The van der Waals surface area contributed by atoms with E-state index in [1.807, 2.05) is 38.1 Å². The number of benzene rings is 1. The van der Waals surface area contributed by atoms with Crippen LogP contribution < -0.4 is 11.1 Å². The van der Waals surface area contributed by atoms with Gasteiger partial charge in [0.1, 0.15) is 6.04 Å². The molecule has 0 aromatic heterocycles. The van der Waals surface area contributed by atoms with Crippen LogP contribution in [0.5, 0.6) is 0 Å². The number of rotatable bonds is 5. The molecule has 0 fully saturated rings. The maximum absolute atomic E-state index is 12.5. The van der Waals surface area contributed by atoms with Crippen LogP contribution in [0, 0.1) is 5.92 Å². The first-order valence-electron chi connectivity index (χ1n) is 7.69. The van der Waals surface area contributed by atoms with E-state index in [1.165, 1.54) is 6.92 Å². The molecule has 120 valence electrons. The Morgan fingerprint density at radius 3 is 2.68 bits per heavy atom. The fourth-order valence-corrected chi connectivity index (χ4v) is 2.89. The average molecular weight is 304 g/mol. The number of ether oxygens (including phenoxy) is 1. The third-order valence-electron chi connectivity index (χ3n) is 3.89. The Morgan fingerprint density at radius 1 is 1.36 bits per heavy atom. The van der Waals surface area contributed by atoms with Crippen LogP contribution in [0.2, 0.25) is 0 Å². The second kappa shape index (κ2) is 6.48. The molecule has 1 aromatic rings. The van der Waals surface area contributed by atoms with E-state index in [-0.39, 0.29) is 11.8 Å². The summed E-state index contributed by atoms with van der Waals surface area (Å²) in [4.78, 5) is 23.8. The van der Waals surface area contributed by atoms with Gasteiger partial charge in [0, 0.05) is 18.9 Å². The van der Waals surface area contributed by atoms with Gasteiger partial charge in [0.25, 0.3) is 0 Å². The lowest BCUT2D eigenvalue weighted by atomic mass is 10.0. The lowest BCUT2D eigenvalue weighted by Crippen LogP contribution is -2.47. The second-order valence-electron chi connectivity index (χ2n) is 6.35. The van der Waals surface area contributed by atoms with Crippen LogP contribution in [0.4, 0.5) is 0 Å². The summed E-state index contributed by atoms with van der Waals surface area (Å²) in [6.45, 7) is 5.38. The maximum Gasteiger partial charge on any atom is 0.330 e. The van der Waals surface area contributed by atoms with Crippen molar-refractivity contribution in [1.29, 1.82) is 0 Å². The summed E-state index contributed by atoms with van der Waals surface area (Å²) in [6.07, 6.45) is 1.87. The summed E-state index contributed by atoms with van der Waals surface area (Å²) in [6, 6.07) is 7.07. The van der Waals surface area contributed by atoms with Crippen LogP contribution in [-0.4, -0.2) is 17.9 Å². The molecule has 0 bridgehead atoms. The second-order valence-corrected chi connectivity index (χ2v) is 6.35. The van der Waals surface area contributed by atoms with Crippen LogP contribution >= 0.6 is 0 Å². The van der Waals surface area contributed by atoms with Gasteiger partial charge in [0.2, 0.25) is 5.91 Å². The minimum atomic E-state index is -1.10. The first-order chi connectivity index (χ1) is 10.3. The summed E-state index contributed by atoms with van der Waals surface area (Å²) in [7, 11) is 0. The largest absolute Gasteiger partial charge is 0.438 e. The smallest absolute Gasteiger partial charge is 0.330 e. The van der Waals surface area contributed by atoms with Crippen molar-refractivity contribution >= 4 is 11.9 Å². The first-order valence-corrected chi connectivity index (χ1v) is 7.69. The number of nitrogens with one attached hydrogen (secondary N) is 1. The predicted molar refractivity (Wildman–Crippen MR) is 83.8 cm³/mol. The third kappa shape index (κ3) is 3.65. The van der Waals surface area contributed by atoms with Crippen molar-refractivity contribution in [1.82, 2.24) is 5.32 Å². The van der Waals surface area contributed by atoms with E-state index in [1.54, 1.807) is 0 Å². The Kier molecular flexibility index (Phi) is 4.86. The van der Waals surface area contributed by atoms with Crippen LogP contribution in [-0.2, 0) is 26.5 Å². The van der Waals surface area contributed by atoms with Crippen molar-refractivity contribution < 1.29 is 14.3 Å². The normalized spacial score (nSPS) is 21.3. The molecule has 0 unspecified atom stereocenters. The van der Waals surface area contributed by atoms with Crippen LogP contribution in [0.1, 0.15) is 44.7 Å². The Balaban J connectivity index is 2.14. The number of fused-ring (bicyclic) bond motifs is 1. The fraction of sp³-hybridized carbons (Fsp3) is 0.529. The molecule has 5 nitrogen and oxygen atoms in total. The van der Waals surface area contributed by atoms with Gasteiger partial charge in [-0.15, -0.1) is 0 Å². The number of carbonyl (C=O) groups excluding carboxylic acids is 2. The molecule has 0 aliphatic heterocycles. The molecule has 2 rings (SSSR count). The highest BCUT2D eigenvalue weighted by atomic mass is 16.6. The molecule has 2 atom stereocenters. The number of hydrogen-bond donors (Lipinski definition) is 2. The van der Waals surface area contributed by atoms with Crippen LogP contribution in [0.3, 0.4) is 0 Å². The Hall–Kier alpha value is -1.88. The number of esters is 1. The molecule has 22 heavy (non-hydrogen) atoms. The topological polar surface area (TPSA) is 81.4 Å². The number of carbonyl (C=O) groups is 2. The van der Waals surface area contributed by atoms with Gasteiger partial charge >= 0.3 is 5.97 Å². The standard InChI is InChI=1S/C17H24N2O3/c1-11(2)10-15(19-12(3)20)16(21)22-17(18)9-8-13-6-4-5-7-14(13)17/h4-7,11,15H,8-10,18H2,1-3H3,(H,19,20)/t15-,17+/m0/s1. The van der Waals surface area contributed by atoms with Crippen molar-refractivity contribution in [3.8, 4) is 0 Å². The predicted octanol–water partition coefficient (Wildman–Crippen LogP) is 1.84. The van der Waals surface area contributed by atoms with Gasteiger partial charge in [0.05, 0.1) is 0 Å². The molecule has 0 heterocycles. The van der Waals surface area contributed by atoms with Gasteiger partial charge < -0.3 is 10.1 Å². The van der Waals surface area contributed by atoms with Gasteiger partial charge in [0.15, 0.2) is 5.72 Å². The van der Waals surface area contributed by atoms with Gasteiger partial charge in [-0.25, -0.2) is 4.79 Å². The molecule has 1 amide bonds. The molecule has 1 aliphatic carbocycles. The summed E-state index contributed by atoms with van der Waals surface area (Å²) in [5, 5.41) is 2.66. The van der Waals surface area contributed by atoms with Crippen molar-refractivity contribution in [2.24, 2.45) is 11.7 Å². The third-order valence-corrected chi connectivity index (χ3v) is 3.89. The molecule has 1 aliphatic rings. The first kappa shape index (κ1) is 16.5. The van der Waals surface area contributed by atoms with Gasteiger partial charge in [-0.3, -0.25) is 10.5 Å².